The van der Waals surface area contributed by atoms with E-state index in [9.17, 15) is 0 Å². The number of hydrogen-bond acceptors (Lipinski definition) is 2. The number of fused-ring (bicyclic) bond motifs is 9. The van der Waals surface area contributed by atoms with Gasteiger partial charge in [0.1, 0.15) is 0 Å². The molecule has 48 heavy (non-hydrogen) atoms. The second-order valence-electron chi connectivity index (χ2n) is 14.0. The van der Waals surface area contributed by atoms with Gasteiger partial charge in [-0.15, -0.1) is 0 Å². The standard InChI is InChI=1S/C36H35BN2O2.C5H8.C2H6/c1-34(2)28-16-10-11-17-31(28)39-30-20-19-25-26-21-23(37-40-35(3,4)36(5,6)41-37)13-12-18-29(26)38(24-14-8-7-9-15-24)33(25)27(30)22-32(34)39;1-3-5-4-2;1-2/h7-11,13-22H,12H2,1-6H3;3-5H,1H2,2H3;1-2H3/b;5-4-;. The van der Waals surface area contributed by atoms with Crippen molar-refractivity contribution in [2.24, 2.45) is 0 Å². The molecule has 3 aromatic carbocycles. The molecular weight excluding hydrogens is 587 g/mol. The van der Waals surface area contributed by atoms with Crippen molar-refractivity contribution in [3.63, 3.8) is 0 Å². The van der Waals surface area contributed by atoms with Gasteiger partial charge < -0.3 is 18.4 Å². The second kappa shape index (κ2) is 12.6. The zero-order chi connectivity index (χ0) is 34.4. The molecule has 0 saturated carbocycles. The lowest BCUT2D eigenvalue weighted by atomic mass is 9.77. The van der Waals surface area contributed by atoms with Crippen LogP contribution in [0.5, 0.6) is 0 Å². The van der Waals surface area contributed by atoms with E-state index in [0.29, 0.717) is 0 Å². The molecule has 0 spiro atoms. The molecule has 246 valence electrons. The summed E-state index contributed by atoms with van der Waals surface area (Å²) in [5.41, 5.74) is 7.90. The van der Waals surface area contributed by atoms with E-state index < -0.39 is 7.12 Å². The van der Waals surface area contributed by atoms with Crippen molar-refractivity contribution < 1.29 is 9.31 Å². The van der Waals surface area contributed by atoms with E-state index in [4.69, 9.17) is 9.31 Å². The van der Waals surface area contributed by atoms with Gasteiger partial charge in [-0.3, -0.25) is 0 Å². The third-order valence-corrected chi connectivity index (χ3v) is 10.3. The zero-order valence-corrected chi connectivity index (χ0v) is 30.1. The number of rotatable bonds is 3. The van der Waals surface area contributed by atoms with Crippen LogP contribution in [0.1, 0.15) is 80.0 Å². The van der Waals surface area contributed by atoms with Crippen molar-refractivity contribution in [2.75, 3.05) is 0 Å². The topological polar surface area (TPSA) is 28.3 Å². The van der Waals surface area contributed by atoms with Gasteiger partial charge in [0.25, 0.3) is 0 Å². The van der Waals surface area contributed by atoms with Gasteiger partial charge >= 0.3 is 7.12 Å². The SMILES string of the molecule is C=C/C=C\C.CC.CC1(C)c2ccccc2-n2c1cc1c2ccc2c3c(n(-c4ccccc4)c21)=CCC=C(B1OC(C)(C)C(C)(C)O1)C=3. The molecule has 0 bridgehead atoms. The van der Waals surface area contributed by atoms with Crippen LogP contribution in [-0.4, -0.2) is 27.5 Å². The fraction of sp³-hybridized carbons (Fsp3) is 0.302. The fourth-order valence-electron chi connectivity index (χ4n) is 7.17. The number of hydrogen-bond donors (Lipinski definition) is 0. The minimum atomic E-state index is -0.395. The first-order chi connectivity index (χ1) is 23.0. The van der Waals surface area contributed by atoms with Crippen LogP contribution in [0.2, 0.25) is 0 Å². The van der Waals surface area contributed by atoms with Crippen LogP contribution in [0.3, 0.4) is 0 Å². The van der Waals surface area contributed by atoms with Crippen molar-refractivity contribution in [1.29, 1.82) is 0 Å². The van der Waals surface area contributed by atoms with Crippen molar-refractivity contribution in [2.45, 2.75) is 85.4 Å². The predicted octanol–water partition coefficient (Wildman–Crippen LogP) is 9.51. The van der Waals surface area contributed by atoms with E-state index in [-0.39, 0.29) is 16.6 Å². The number of aromatic nitrogens is 2. The lowest BCUT2D eigenvalue weighted by molar-refractivity contribution is 0.00578. The molecule has 2 aromatic heterocycles. The molecule has 4 nitrogen and oxygen atoms in total. The molecule has 8 rings (SSSR count). The largest absolute Gasteiger partial charge is 0.494 e. The van der Waals surface area contributed by atoms with Crippen LogP contribution in [0.25, 0.3) is 45.3 Å². The van der Waals surface area contributed by atoms with Gasteiger partial charge in [-0.25, -0.2) is 0 Å². The van der Waals surface area contributed by atoms with Gasteiger partial charge in [0.15, 0.2) is 0 Å². The van der Waals surface area contributed by atoms with Crippen LogP contribution >= 0.6 is 0 Å². The van der Waals surface area contributed by atoms with Gasteiger partial charge in [-0.1, -0.05) is 113 Å². The Bertz CT molecular complexity index is 2180. The summed E-state index contributed by atoms with van der Waals surface area (Å²) in [5.74, 6) is 0. The molecule has 3 aliphatic rings. The van der Waals surface area contributed by atoms with E-state index in [1.807, 2.05) is 32.9 Å². The lowest BCUT2D eigenvalue weighted by Crippen LogP contribution is -2.41. The molecule has 5 aromatic rings. The summed E-state index contributed by atoms with van der Waals surface area (Å²) in [7, 11) is -0.395. The maximum absolute atomic E-state index is 6.50. The normalized spacial score (nSPS) is 17.9. The van der Waals surface area contributed by atoms with Gasteiger partial charge in [-0.2, -0.15) is 0 Å². The maximum atomic E-state index is 6.50. The van der Waals surface area contributed by atoms with Gasteiger partial charge in [0.05, 0.1) is 27.6 Å². The first kappa shape index (κ1) is 33.6. The Kier molecular flexibility index (Phi) is 8.82. The Labute approximate surface area is 286 Å². The lowest BCUT2D eigenvalue weighted by Gasteiger charge is -2.32. The Morgan fingerprint density at radius 2 is 1.46 bits per heavy atom. The highest BCUT2D eigenvalue weighted by molar-refractivity contribution is 6.57. The smallest absolute Gasteiger partial charge is 0.399 e. The van der Waals surface area contributed by atoms with Gasteiger partial charge in [-0.05, 0) is 82.4 Å². The van der Waals surface area contributed by atoms with Crippen LogP contribution in [0.4, 0.5) is 0 Å². The summed E-state index contributed by atoms with van der Waals surface area (Å²) >= 11 is 0. The first-order valence-corrected chi connectivity index (χ1v) is 17.4. The number of para-hydroxylation sites is 2. The Morgan fingerprint density at radius 1 is 0.792 bits per heavy atom. The molecule has 1 saturated heterocycles. The average molecular weight is 637 g/mol. The molecular formula is C43H49BN2O2. The molecule has 0 unspecified atom stereocenters. The highest BCUT2D eigenvalue weighted by Gasteiger charge is 2.52. The van der Waals surface area contributed by atoms with E-state index in [2.05, 4.69) is 148 Å². The first-order valence-electron chi connectivity index (χ1n) is 17.4. The molecule has 1 fully saturated rings. The van der Waals surface area contributed by atoms with Gasteiger partial charge in [0, 0.05) is 38.5 Å². The number of benzene rings is 3. The monoisotopic (exact) mass is 636 g/mol. The minimum absolute atomic E-state index is 0.0753. The third kappa shape index (κ3) is 5.25. The Hall–Kier alpha value is -4.32. The molecule has 1 aliphatic carbocycles. The van der Waals surface area contributed by atoms with Gasteiger partial charge in [0.2, 0.25) is 0 Å². The summed E-state index contributed by atoms with van der Waals surface area (Å²) in [4.78, 5) is 0. The van der Waals surface area contributed by atoms with E-state index in [0.717, 1.165) is 11.9 Å². The van der Waals surface area contributed by atoms with E-state index >= 15 is 0 Å². The van der Waals surface area contributed by atoms with Crippen LogP contribution < -0.4 is 10.6 Å². The van der Waals surface area contributed by atoms with Crippen molar-refractivity contribution in [3.8, 4) is 11.4 Å². The molecule has 5 heteroatoms. The van der Waals surface area contributed by atoms with Crippen molar-refractivity contribution in [3.05, 3.63) is 131 Å². The summed E-state index contributed by atoms with van der Waals surface area (Å²) in [6.07, 6.45) is 13.3. The zero-order valence-electron chi connectivity index (χ0n) is 30.1. The summed E-state index contributed by atoms with van der Waals surface area (Å²) in [6, 6.07) is 26.7. The summed E-state index contributed by atoms with van der Waals surface area (Å²) < 4.78 is 17.9. The highest BCUT2D eigenvalue weighted by Crippen LogP contribution is 2.47. The second-order valence-corrected chi connectivity index (χ2v) is 14.0. The highest BCUT2D eigenvalue weighted by atomic mass is 16.7. The number of nitrogens with zero attached hydrogens (tertiary/aromatic N) is 2. The van der Waals surface area contributed by atoms with Crippen LogP contribution in [0, 0.1) is 0 Å². The molecule has 4 heterocycles. The van der Waals surface area contributed by atoms with Crippen LogP contribution in [0.15, 0.2) is 109 Å². The molecule has 0 N–H and O–H groups in total. The Balaban J connectivity index is 0.000000528. The summed E-state index contributed by atoms with van der Waals surface area (Å²) in [5, 5.41) is 4.95. The summed E-state index contributed by atoms with van der Waals surface area (Å²) in [6.45, 7) is 22.6. The maximum Gasteiger partial charge on any atom is 0.494 e. The molecule has 0 radical (unpaired) electrons. The van der Waals surface area contributed by atoms with E-state index in [1.165, 1.54) is 55.0 Å². The molecule has 0 atom stereocenters. The number of allylic oxidation sites excluding steroid dienone is 5. The molecule has 2 aliphatic heterocycles. The minimum Gasteiger partial charge on any atom is -0.399 e. The molecule has 0 amide bonds. The quantitative estimate of drug-likeness (QED) is 0.146. The van der Waals surface area contributed by atoms with Crippen molar-refractivity contribution in [1.82, 2.24) is 9.13 Å². The predicted molar refractivity (Wildman–Crippen MR) is 206 cm³/mol. The van der Waals surface area contributed by atoms with E-state index in [1.54, 1.807) is 6.08 Å². The Morgan fingerprint density at radius 3 is 2.10 bits per heavy atom. The average Bonchev–Trinajstić information content (AvgIpc) is 3.68. The van der Waals surface area contributed by atoms with Crippen LogP contribution in [-0.2, 0) is 14.7 Å². The third-order valence-electron chi connectivity index (χ3n) is 10.3. The van der Waals surface area contributed by atoms with Crippen molar-refractivity contribution >= 4 is 41.1 Å². The fourth-order valence-corrected chi connectivity index (χ4v) is 7.17.